The Morgan fingerprint density at radius 3 is 1.65 bits per heavy atom. The molecule has 0 N–H and O–H groups in total. The minimum Gasteiger partial charge on any atom is -0.150 e. The monoisotopic (exact) mass is 288 g/mol. The van der Waals surface area contributed by atoms with Gasteiger partial charge >= 0.3 is 0 Å². The quantitative estimate of drug-likeness (QED) is 0.536. The van der Waals surface area contributed by atoms with Gasteiger partial charge in [0, 0.05) is 20.6 Å². The molecule has 0 aliphatic carbocycles. The Kier molecular flexibility index (Phi) is 7.72. The summed E-state index contributed by atoms with van der Waals surface area (Å²) < 4.78 is 0. The largest absolute Gasteiger partial charge is 0.150 e. The highest BCUT2D eigenvalue weighted by Gasteiger charge is 2.06. The molecule has 17 heavy (non-hydrogen) atoms. The van der Waals surface area contributed by atoms with Gasteiger partial charge in [-0.1, -0.05) is 27.7 Å². The molecule has 0 unspecified atom stereocenters. The summed E-state index contributed by atoms with van der Waals surface area (Å²) in [6.45, 7) is 9.19. The van der Waals surface area contributed by atoms with Gasteiger partial charge in [0.05, 0.1) is 0 Å². The van der Waals surface area contributed by atoms with Crippen LogP contribution in [0.4, 0.5) is 0 Å². The fourth-order valence-corrected chi connectivity index (χ4v) is 5.26. The predicted octanol–water partition coefficient (Wildman–Crippen LogP) is 6.02. The summed E-state index contributed by atoms with van der Waals surface area (Å²) in [5.41, 5.74) is 0. The number of hydrogen-bond acceptors (Lipinski definition) is 3. The van der Waals surface area contributed by atoms with E-state index in [1.54, 1.807) is 0 Å². The second-order valence-corrected chi connectivity index (χ2v) is 8.18. The van der Waals surface area contributed by atoms with E-state index in [0.717, 1.165) is 11.8 Å². The van der Waals surface area contributed by atoms with E-state index in [-0.39, 0.29) is 0 Å². The summed E-state index contributed by atoms with van der Waals surface area (Å²) in [5, 5.41) is 4.62. The number of rotatable bonds is 8. The fraction of sp³-hybridized carbons (Fsp3) is 0.714. The number of thioether (sulfide) groups is 2. The lowest BCUT2D eigenvalue weighted by molar-refractivity contribution is 0.631. The fourth-order valence-electron chi connectivity index (χ4n) is 1.29. The first-order valence-corrected chi connectivity index (χ1v) is 9.32. The van der Waals surface area contributed by atoms with Crippen molar-refractivity contribution in [3.8, 4) is 0 Å². The molecule has 0 saturated heterocycles. The SMILES string of the molecule is CC(C)CCSc1cscc1SCCC(C)C. The minimum atomic E-state index is 0.818. The molecular formula is C14H24S3. The summed E-state index contributed by atoms with van der Waals surface area (Å²) in [6.07, 6.45) is 2.63. The average molecular weight is 289 g/mol. The third-order valence-electron chi connectivity index (χ3n) is 2.50. The highest BCUT2D eigenvalue weighted by molar-refractivity contribution is 8.02. The van der Waals surface area contributed by atoms with Gasteiger partial charge in [0.2, 0.25) is 0 Å². The molecule has 0 atom stereocenters. The van der Waals surface area contributed by atoms with Crippen molar-refractivity contribution in [1.29, 1.82) is 0 Å². The molecule has 0 spiro atoms. The van der Waals surface area contributed by atoms with E-state index in [0.29, 0.717) is 0 Å². The molecule has 0 radical (unpaired) electrons. The van der Waals surface area contributed by atoms with E-state index in [2.05, 4.69) is 38.5 Å². The lowest BCUT2D eigenvalue weighted by Crippen LogP contribution is -1.90. The number of hydrogen-bond donors (Lipinski definition) is 0. The molecule has 1 rings (SSSR count). The predicted molar refractivity (Wildman–Crippen MR) is 84.7 cm³/mol. The van der Waals surface area contributed by atoms with Gasteiger partial charge in [-0.2, -0.15) is 11.3 Å². The summed E-state index contributed by atoms with van der Waals surface area (Å²) in [6, 6.07) is 0. The molecular weight excluding hydrogens is 264 g/mol. The van der Waals surface area contributed by atoms with E-state index in [1.165, 1.54) is 34.1 Å². The summed E-state index contributed by atoms with van der Waals surface area (Å²) in [5.74, 6) is 4.15. The topological polar surface area (TPSA) is 0 Å². The Bertz CT molecular complexity index is 274. The molecule has 0 amide bonds. The second kappa shape index (κ2) is 8.49. The molecule has 0 aliphatic rings. The van der Waals surface area contributed by atoms with Crippen LogP contribution in [-0.4, -0.2) is 11.5 Å². The van der Waals surface area contributed by atoms with E-state index in [9.17, 15) is 0 Å². The minimum absolute atomic E-state index is 0.818. The average Bonchev–Trinajstić information content (AvgIpc) is 2.65. The highest BCUT2D eigenvalue weighted by atomic mass is 32.2. The van der Waals surface area contributed by atoms with Gasteiger partial charge in [-0.05, 0) is 36.2 Å². The second-order valence-electron chi connectivity index (χ2n) is 5.16. The lowest BCUT2D eigenvalue weighted by atomic mass is 10.2. The van der Waals surface area contributed by atoms with Crippen molar-refractivity contribution in [3.63, 3.8) is 0 Å². The van der Waals surface area contributed by atoms with Crippen LogP contribution in [0.2, 0.25) is 0 Å². The molecule has 0 nitrogen and oxygen atoms in total. The zero-order chi connectivity index (χ0) is 12.7. The normalized spacial score (nSPS) is 11.6. The molecule has 98 valence electrons. The smallest absolute Gasteiger partial charge is 0.0315 e. The van der Waals surface area contributed by atoms with Crippen molar-refractivity contribution in [2.75, 3.05) is 11.5 Å². The van der Waals surface area contributed by atoms with Crippen LogP contribution < -0.4 is 0 Å². The van der Waals surface area contributed by atoms with Crippen LogP contribution in [0.3, 0.4) is 0 Å². The van der Waals surface area contributed by atoms with E-state index < -0.39 is 0 Å². The molecule has 0 bridgehead atoms. The van der Waals surface area contributed by atoms with Crippen molar-refractivity contribution >= 4 is 34.9 Å². The zero-order valence-electron chi connectivity index (χ0n) is 11.4. The van der Waals surface area contributed by atoms with Crippen LogP contribution in [0, 0.1) is 11.8 Å². The standard InChI is InChI=1S/C14H24S3/c1-11(2)5-7-16-13-9-15-10-14(13)17-8-6-12(3)4/h9-12H,5-8H2,1-4H3. The van der Waals surface area contributed by atoms with E-state index in [1.807, 2.05) is 34.9 Å². The molecule has 3 heteroatoms. The molecule has 1 aromatic heterocycles. The Balaban J connectivity index is 2.32. The molecule has 0 saturated carbocycles. The maximum atomic E-state index is 2.31. The van der Waals surface area contributed by atoms with Crippen molar-refractivity contribution in [1.82, 2.24) is 0 Å². The van der Waals surface area contributed by atoms with Crippen LogP contribution in [0.25, 0.3) is 0 Å². The summed E-state index contributed by atoms with van der Waals surface area (Å²) >= 11 is 5.90. The van der Waals surface area contributed by atoms with Crippen molar-refractivity contribution < 1.29 is 0 Å². The first-order valence-electron chi connectivity index (χ1n) is 6.41. The first-order chi connectivity index (χ1) is 8.09. The van der Waals surface area contributed by atoms with Gasteiger partial charge in [-0.3, -0.25) is 0 Å². The van der Waals surface area contributed by atoms with E-state index in [4.69, 9.17) is 0 Å². The zero-order valence-corrected chi connectivity index (χ0v) is 13.8. The molecule has 1 heterocycles. The highest BCUT2D eigenvalue weighted by Crippen LogP contribution is 2.35. The Morgan fingerprint density at radius 2 is 1.29 bits per heavy atom. The van der Waals surface area contributed by atoms with Crippen molar-refractivity contribution in [2.24, 2.45) is 11.8 Å². The molecule has 1 aromatic rings. The van der Waals surface area contributed by atoms with Gasteiger partial charge in [0.15, 0.2) is 0 Å². The van der Waals surface area contributed by atoms with Gasteiger partial charge in [0.25, 0.3) is 0 Å². The van der Waals surface area contributed by atoms with Crippen LogP contribution in [0.15, 0.2) is 20.6 Å². The summed E-state index contributed by atoms with van der Waals surface area (Å²) in [4.78, 5) is 3.01. The summed E-state index contributed by atoms with van der Waals surface area (Å²) in [7, 11) is 0. The number of thiophene rings is 1. The Labute approximate surface area is 119 Å². The lowest BCUT2D eigenvalue weighted by Gasteiger charge is -2.07. The first kappa shape index (κ1) is 15.5. The van der Waals surface area contributed by atoms with Crippen LogP contribution in [0.5, 0.6) is 0 Å². The van der Waals surface area contributed by atoms with Gasteiger partial charge in [0.1, 0.15) is 0 Å². The van der Waals surface area contributed by atoms with Crippen LogP contribution >= 0.6 is 34.9 Å². The molecule has 0 fully saturated rings. The van der Waals surface area contributed by atoms with Crippen molar-refractivity contribution in [2.45, 2.75) is 50.3 Å². The third-order valence-corrected chi connectivity index (χ3v) is 5.85. The Hall–Kier alpha value is 0.400. The van der Waals surface area contributed by atoms with E-state index >= 15 is 0 Å². The van der Waals surface area contributed by atoms with Crippen LogP contribution in [0.1, 0.15) is 40.5 Å². The molecule has 0 aromatic carbocycles. The van der Waals surface area contributed by atoms with Crippen molar-refractivity contribution in [3.05, 3.63) is 10.8 Å². The van der Waals surface area contributed by atoms with Gasteiger partial charge < -0.3 is 0 Å². The maximum absolute atomic E-state index is 2.31. The Morgan fingerprint density at radius 1 is 0.882 bits per heavy atom. The molecule has 0 aliphatic heterocycles. The maximum Gasteiger partial charge on any atom is 0.0315 e. The van der Waals surface area contributed by atoms with Gasteiger partial charge in [-0.15, -0.1) is 23.5 Å². The van der Waals surface area contributed by atoms with Gasteiger partial charge in [-0.25, -0.2) is 0 Å². The third kappa shape index (κ3) is 6.78. The van der Waals surface area contributed by atoms with Crippen LogP contribution in [-0.2, 0) is 0 Å².